The molecule has 0 aliphatic carbocycles. The summed E-state index contributed by atoms with van der Waals surface area (Å²) < 4.78 is 33.9. The first-order valence-corrected chi connectivity index (χ1v) is 11.4. The number of ether oxygens (including phenoxy) is 1. The molecule has 0 saturated carbocycles. The minimum Gasteiger partial charge on any atom is -0.358 e. The van der Waals surface area contributed by atoms with Crippen LogP contribution in [0.25, 0.3) is 0 Å². The molecule has 0 N–H and O–H groups in total. The van der Waals surface area contributed by atoms with E-state index in [9.17, 15) is 23.3 Å². The van der Waals surface area contributed by atoms with Crippen LogP contribution in [0.3, 0.4) is 0 Å². The highest BCUT2D eigenvalue weighted by molar-refractivity contribution is 7.89. The second kappa shape index (κ2) is 8.03. The normalized spacial score (nSPS) is 18.9. The van der Waals surface area contributed by atoms with Crippen LogP contribution in [0.5, 0.6) is 0 Å². The van der Waals surface area contributed by atoms with Gasteiger partial charge in [-0.2, -0.15) is 4.31 Å². The van der Waals surface area contributed by atoms with Gasteiger partial charge in [0.2, 0.25) is 10.0 Å². The first-order valence-electron chi connectivity index (χ1n) is 10.0. The van der Waals surface area contributed by atoms with Crippen LogP contribution in [-0.2, 0) is 14.8 Å². The number of para-hydroxylation sites is 1. The number of carbonyl (C=O) groups excluding carboxylic acids is 1. The molecule has 2 aliphatic rings. The number of hydrogen-bond acceptors (Lipinski definition) is 6. The number of carbonyl (C=O) groups is 1. The number of amides is 1. The molecular formula is C21H23N3O6S. The van der Waals surface area contributed by atoms with E-state index in [0.29, 0.717) is 12.8 Å². The van der Waals surface area contributed by atoms with Gasteiger partial charge in [0.25, 0.3) is 11.6 Å². The monoisotopic (exact) mass is 445 g/mol. The minimum atomic E-state index is -3.76. The Balaban J connectivity index is 1.54. The van der Waals surface area contributed by atoms with E-state index >= 15 is 0 Å². The van der Waals surface area contributed by atoms with Crippen molar-refractivity contribution < 1.29 is 22.9 Å². The highest BCUT2D eigenvalue weighted by Crippen LogP contribution is 2.38. The fraction of sp³-hybridized carbons (Fsp3) is 0.381. The maximum atomic E-state index is 13.3. The predicted octanol–water partition coefficient (Wildman–Crippen LogP) is 2.56. The van der Waals surface area contributed by atoms with Gasteiger partial charge in [-0.15, -0.1) is 0 Å². The molecule has 2 aliphatic heterocycles. The SMILES string of the molecule is Cc1ccc(S(=O)(=O)N2CCOC23CCN(C(=O)c2ccccc2[N+](=O)[O-])CC3)cc1. The predicted molar refractivity (Wildman–Crippen MR) is 112 cm³/mol. The van der Waals surface area contributed by atoms with Crippen molar-refractivity contribution in [3.63, 3.8) is 0 Å². The van der Waals surface area contributed by atoms with Crippen molar-refractivity contribution in [2.24, 2.45) is 0 Å². The zero-order valence-corrected chi connectivity index (χ0v) is 17.9. The lowest BCUT2D eigenvalue weighted by Crippen LogP contribution is -2.55. The quantitative estimate of drug-likeness (QED) is 0.528. The molecule has 4 rings (SSSR count). The Morgan fingerprint density at radius 3 is 2.35 bits per heavy atom. The summed E-state index contributed by atoms with van der Waals surface area (Å²) in [7, 11) is -3.76. The number of piperidine rings is 1. The van der Waals surface area contributed by atoms with Crippen LogP contribution < -0.4 is 0 Å². The van der Waals surface area contributed by atoms with Crippen molar-refractivity contribution in [1.29, 1.82) is 0 Å². The number of benzene rings is 2. The Bertz CT molecular complexity index is 1110. The van der Waals surface area contributed by atoms with E-state index in [2.05, 4.69) is 0 Å². The van der Waals surface area contributed by atoms with Gasteiger partial charge in [-0.1, -0.05) is 29.8 Å². The van der Waals surface area contributed by atoms with E-state index in [1.807, 2.05) is 6.92 Å². The smallest absolute Gasteiger partial charge is 0.282 e. The second-order valence-corrected chi connectivity index (χ2v) is 9.61. The largest absolute Gasteiger partial charge is 0.358 e. The van der Waals surface area contributed by atoms with Gasteiger partial charge in [0.05, 0.1) is 16.4 Å². The molecule has 31 heavy (non-hydrogen) atoms. The Morgan fingerprint density at radius 1 is 1.06 bits per heavy atom. The molecular weight excluding hydrogens is 422 g/mol. The van der Waals surface area contributed by atoms with Crippen LogP contribution in [-0.4, -0.2) is 60.4 Å². The number of nitrogens with zero attached hydrogens (tertiary/aromatic N) is 3. The lowest BCUT2D eigenvalue weighted by molar-refractivity contribution is -0.385. The second-order valence-electron chi connectivity index (χ2n) is 7.75. The summed E-state index contributed by atoms with van der Waals surface area (Å²) in [4.78, 5) is 25.3. The summed E-state index contributed by atoms with van der Waals surface area (Å²) in [5, 5.41) is 11.3. The van der Waals surface area contributed by atoms with Crippen LogP contribution in [0.1, 0.15) is 28.8 Å². The first-order chi connectivity index (χ1) is 14.7. The average Bonchev–Trinajstić information content (AvgIpc) is 3.18. The van der Waals surface area contributed by atoms with Crippen LogP contribution >= 0.6 is 0 Å². The van der Waals surface area contributed by atoms with Crippen molar-refractivity contribution in [3.05, 3.63) is 69.8 Å². The molecule has 10 heteroatoms. The van der Waals surface area contributed by atoms with Gasteiger partial charge in [0, 0.05) is 38.5 Å². The number of nitro groups is 1. The Morgan fingerprint density at radius 2 is 1.71 bits per heavy atom. The topological polar surface area (TPSA) is 110 Å². The molecule has 0 radical (unpaired) electrons. The van der Waals surface area contributed by atoms with E-state index in [1.54, 1.807) is 30.3 Å². The highest BCUT2D eigenvalue weighted by atomic mass is 32.2. The van der Waals surface area contributed by atoms with Crippen LogP contribution in [0.15, 0.2) is 53.4 Å². The van der Waals surface area contributed by atoms with Gasteiger partial charge in [0.1, 0.15) is 11.3 Å². The molecule has 0 aromatic heterocycles. The summed E-state index contributed by atoms with van der Waals surface area (Å²) in [5.74, 6) is -0.437. The van der Waals surface area contributed by atoms with E-state index in [4.69, 9.17) is 4.74 Å². The standard InChI is InChI=1S/C21H23N3O6S/c1-16-6-8-17(9-7-16)31(28,29)23-14-15-30-21(23)10-12-22(13-11-21)20(25)18-4-2-3-5-19(18)24(26)27/h2-9H,10-15H2,1H3. The molecule has 0 unspecified atom stereocenters. The zero-order chi connectivity index (χ0) is 22.2. The molecule has 2 heterocycles. The maximum absolute atomic E-state index is 13.3. The molecule has 9 nitrogen and oxygen atoms in total. The van der Waals surface area contributed by atoms with Crippen LogP contribution in [0.4, 0.5) is 5.69 Å². The molecule has 2 aromatic rings. The van der Waals surface area contributed by atoms with Gasteiger partial charge >= 0.3 is 0 Å². The molecule has 164 valence electrons. The summed E-state index contributed by atoms with van der Waals surface area (Å²) >= 11 is 0. The van der Waals surface area contributed by atoms with Crippen LogP contribution in [0.2, 0.25) is 0 Å². The third-order valence-corrected chi connectivity index (χ3v) is 7.86. The van der Waals surface area contributed by atoms with Gasteiger partial charge in [-0.3, -0.25) is 14.9 Å². The zero-order valence-electron chi connectivity index (χ0n) is 17.1. The molecule has 0 atom stereocenters. The Kier molecular flexibility index (Phi) is 5.54. The van der Waals surface area contributed by atoms with Gasteiger partial charge < -0.3 is 9.64 Å². The van der Waals surface area contributed by atoms with Crippen molar-refractivity contribution in [1.82, 2.24) is 9.21 Å². The highest BCUT2D eigenvalue weighted by Gasteiger charge is 2.51. The lowest BCUT2D eigenvalue weighted by Gasteiger charge is -2.42. The average molecular weight is 445 g/mol. The first kappa shape index (κ1) is 21.4. The number of hydrogen-bond donors (Lipinski definition) is 0. The number of aryl methyl sites for hydroxylation is 1. The van der Waals surface area contributed by atoms with Gasteiger partial charge in [-0.25, -0.2) is 8.42 Å². The lowest BCUT2D eigenvalue weighted by atomic mass is 9.99. The Labute approximate surface area is 180 Å². The molecule has 1 amide bonds. The molecule has 1 spiro atoms. The third-order valence-electron chi connectivity index (χ3n) is 5.89. The minimum absolute atomic E-state index is 0.0277. The van der Waals surface area contributed by atoms with Crippen molar-refractivity contribution >= 4 is 21.6 Å². The molecule has 2 aromatic carbocycles. The fourth-order valence-electron chi connectivity index (χ4n) is 4.21. The summed E-state index contributed by atoms with van der Waals surface area (Å²) in [6.07, 6.45) is 0.592. The number of nitro benzene ring substituents is 1. The number of sulfonamides is 1. The van der Waals surface area contributed by atoms with E-state index < -0.39 is 26.6 Å². The van der Waals surface area contributed by atoms with Crippen molar-refractivity contribution in [2.45, 2.75) is 30.4 Å². The third kappa shape index (κ3) is 3.82. The number of rotatable bonds is 4. The molecule has 2 saturated heterocycles. The summed E-state index contributed by atoms with van der Waals surface area (Å²) in [6, 6.07) is 12.5. The van der Waals surface area contributed by atoms with Crippen molar-refractivity contribution in [2.75, 3.05) is 26.2 Å². The fourth-order valence-corrected chi connectivity index (χ4v) is 5.93. The molecule has 0 bridgehead atoms. The number of likely N-dealkylation sites (tertiary alicyclic amines) is 1. The van der Waals surface area contributed by atoms with Gasteiger partial charge in [-0.05, 0) is 25.1 Å². The van der Waals surface area contributed by atoms with Gasteiger partial charge in [0.15, 0.2) is 0 Å². The maximum Gasteiger partial charge on any atom is 0.282 e. The Hall–Kier alpha value is -2.82. The van der Waals surface area contributed by atoms with Crippen LogP contribution in [0, 0.1) is 17.0 Å². The summed E-state index contributed by atoms with van der Waals surface area (Å²) in [5.41, 5.74) is -0.259. The van der Waals surface area contributed by atoms with E-state index in [0.717, 1.165) is 5.56 Å². The van der Waals surface area contributed by atoms with E-state index in [1.165, 1.54) is 27.4 Å². The van der Waals surface area contributed by atoms with E-state index in [-0.39, 0.29) is 42.4 Å². The van der Waals surface area contributed by atoms with Crippen molar-refractivity contribution in [3.8, 4) is 0 Å². The summed E-state index contributed by atoms with van der Waals surface area (Å²) in [6.45, 7) is 2.90. The molecule has 2 fully saturated rings.